The number of nitrogens with one attached hydrogen (secondary N) is 1. The molecule has 4 nitrogen and oxygen atoms in total. The quantitative estimate of drug-likeness (QED) is 0.774. The van der Waals surface area contributed by atoms with Crippen molar-refractivity contribution in [3.8, 4) is 0 Å². The summed E-state index contributed by atoms with van der Waals surface area (Å²) in [7, 11) is -1.67. The predicted octanol–water partition coefficient (Wildman–Crippen LogP) is 1.89. The lowest BCUT2D eigenvalue weighted by Gasteiger charge is -2.12. The molecule has 98 valence electrons. The van der Waals surface area contributed by atoms with E-state index in [4.69, 9.17) is 0 Å². The van der Waals surface area contributed by atoms with E-state index in [0.717, 1.165) is 25.1 Å². The molecule has 1 heterocycles. The molecule has 6 heteroatoms. The third-order valence-corrected chi connectivity index (χ3v) is 5.89. The zero-order valence-corrected chi connectivity index (χ0v) is 12.2. The molecule has 1 aromatic rings. The molecule has 0 aliphatic rings. The number of rotatable bonds is 7. The topological polar surface area (TPSA) is 49.4 Å². The van der Waals surface area contributed by atoms with Gasteiger partial charge in [-0.1, -0.05) is 13.8 Å². The zero-order valence-electron chi connectivity index (χ0n) is 10.6. The van der Waals surface area contributed by atoms with Crippen molar-refractivity contribution in [2.24, 2.45) is 0 Å². The van der Waals surface area contributed by atoms with Crippen molar-refractivity contribution in [1.29, 1.82) is 0 Å². The molecular weight excluding hydrogens is 256 g/mol. The molecule has 0 aromatic carbocycles. The van der Waals surface area contributed by atoms with Crippen molar-refractivity contribution < 1.29 is 8.42 Å². The average Bonchev–Trinajstić information content (AvgIpc) is 2.77. The number of thiophene rings is 1. The van der Waals surface area contributed by atoms with E-state index in [2.05, 4.69) is 12.2 Å². The number of hydrogen-bond acceptors (Lipinski definition) is 4. The summed E-state index contributed by atoms with van der Waals surface area (Å²) in [6.07, 6.45) is 1.08. The Balaban J connectivity index is 2.74. The van der Waals surface area contributed by atoms with E-state index in [1.54, 1.807) is 13.1 Å². The van der Waals surface area contributed by atoms with E-state index in [1.165, 1.54) is 15.6 Å². The second-order valence-electron chi connectivity index (χ2n) is 3.87. The lowest BCUT2D eigenvalue weighted by atomic mass is 10.3. The van der Waals surface area contributed by atoms with Gasteiger partial charge in [0.05, 0.1) is 0 Å². The summed E-state index contributed by atoms with van der Waals surface area (Å²) in [5.41, 5.74) is 1.03. The third-order valence-electron chi connectivity index (χ3n) is 2.50. The largest absolute Gasteiger partial charge is 0.313 e. The fraction of sp³-hybridized carbons (Fsp3) is 0.636. The molecule has 0 spiro atoms. The summed E-state index contributed by atoms with van der Waals surface area (Å²) >= 11 is 1.29. The molecular formula is C11H20N2O2S2. The highest BCUT2D eigenvalue weighted by atomic mass is 32.2. The van der Waals surface area contributed by atoms with Crippen molar-refractivity contribution in [3.63, 3.8) is 0 Å². The summed E-state index contributed by atoms with van der Waals surface area (Å²) in [6, 6.07) is 1.76. The fourth-order valence-electron chi connectivity index (χ4n) is 1.31. The van der Waals surface area contributed by atoms with Crippen LogP contribution in [0.1, 0.15) is 25.8 Å². The normalized spacial score (nSPS) is 12.2. The Morgan fingerprint density at radius 3 is 2.71 bits per heavy atom. The van der Waals surface area contributed by atoms with Crippen LogP contribution in [-0.2, 0) is 16.6 Å². The highest BCUT2D eigenvalue weighted by Gasteiger charge is 2.21. The van der Waals surface area contributed by atoms with Crippen molar-refractivity contribution in [2.45, 2.75) is 31.0 Å². The van der Waals surface area contributed by atoms with Gasteiger partial charge < -0.3 is 5.32 Å². The van der Waals surface area contributed by atoms with Crippen molar-refractivity contribution in [2.75, 3.05) is 20.1 Å². The van der Waals surface area contributed by atoms with E-state index in [-0.39, 0.29) is 0 Å². The number of hydrogen-bond donors (Lipinski definition) is 1. The van der Waals surface area contributed by atoms with Gasteiger partial charge in [0, 0.05) is 20.1 Å². The maximum absolute atomic E-state index is 12.0. The SMILES string of the molecule is CCCNCc1csc(S(=O)(=O)N(C)CC)c1. The van der Waals surface area contributed by atoms with Gasteiger partial charge in [-0.2, -0.15) is 0 Å². The molecule has 1 N–H and O–H groups in total. The van der Waals surface area contributed by atoms with E-state index in [0.29, 0.717) is 10.8 Å². The summed E-state index contributed by atoms with van der Waals surface area (Å²) in [5.74, 6) is 0. The van der Waals surface area contributed by atoms with Crippen LogP contribution in [0.25, 0.3) is 0 Å². The molecule has 0 saturated carbocycles. The molecule has 0 radical (unpaired) electrons. The Morgan fingerprint density at radius 2 is 2.12 bits per heavy atom. The van der Waals surface area contributed by atoms with Gasteiger partial charge in [-0.3, -0.25) is 0 Å². The van der Waals surface area contributed by atoms with Crippen LogP contribution >= 0.6 is 11.3 Å². The maximum Gasteiger partial charge on any atom is 0.252 e. The van der Waals surface area contributed by atoms with E-state index in [9.17, 15) is 8.42 Å². The van der Waals surface area contributed by atoms with Gasteiger partial charge in [-0.25, -0.2) is 12.7 Å². The van der Waals surface area contributed by atoms with Gasteiger partial charge in [0.2, 0.25) is 0 Å². The first-order chi connectivity index (χ1) is 8.02. The number of sulfonamides is 1. The first-order valence-corrected chi connectivity index (χ1v) is 8.08. The highest BCUT2D eigenvalue weighted by molar-refractivity contribution is 7.91. The van der Waals surface area contributed by atoms with Crippen molar-refractivity contribution in [3.05, 3.63) is 17.0 Å². The summed E-state index contributed by atoms with van der Waals surface area (Å²) in [5, 5.41) is 5.16. The smallest absolute Gasteiger partial charge is 0.252 e. The average molecular weight is 276 g/mol. The minimum Gasteiger partial charge on any atom is -0.313 e. The molecule has 0 aliphatic carbocycles. The van der Waals surface area contributed by atoms with Gasteiger partial charge in [-0.05, 0) is 30.0 Å². The summed E-state index contributed by atoms with van der Waals surface area (Å²) in [6.45, 7) is 6.10. The van der Waals surface area contributed by atoms with Crippen LogP contribution < -0.4 is 5.32 Å². The highest BCUT2D eigenvalue weighted by Crippen LogP contribution is 2.22. The maximum atomic E-state index is 12.0. The molecule has 0 bridgehead atoms. The van der Waals surface area contributed by atoms with Crippen LogP contribution in [0.5, 0.6) is 0 Å². The molecule has 0 saturated heterocycles. The van der Waals surface area contributed by atoms with Crippen molar-refractivity contribution in [1.82, 2.24) is 9.62 Å². The first-order valence-electron chi connectivity index (χ1n) is 5.76. The van der Waals surface area contributed by atoms with Crippen LogP contribution in [0, 0.1) is 0 Å². The van der Waals surface area contributed by atoms with E-state index in [1.807, 2.05) is 12.3 Å². The summed E-state index contributed by atoms with van der Waals surface area (Å²) < 4.78 is 25.8. The third kappa shape index (κ3) is 3.77. The second kappa shape index (κ2) is 6.49. The van der Waals surface area contributed by atoms with Crippen LogP contribution in [0.4, 0.5) is 0 Å². The van der Waals surface area contributed by atoms with Gasteiger partial charge in [0.1, 0.15) is 4.21 Å². The first kappa shape index (κ1) is 14.6. The minimum absolute atomic E-state index is 0.426. The van der Waals surface area contributed by atoms with Crippen molar-refractivity contribution >= 4 is 21.4 Å². The molecule has 0 unspecified atom stereocenters. The van der Waals surface area contributed by atoms with Crippen LogP contribution in [0.2, 0.25) is 0 Å². The van der Waals surface area contributed by atoms with Gasteiger partial charge in [0.25, 0.3) is 10.0 Å². The van der Waals surface area contributed by atoms with E-state index < -0.39 is 10.0 Å². The van der Waals surface area contributed by atoms with Gasteiger partial charge in [0.15, 0.2) is 0 Å². The predicted molar refractivity (Wildman–Crippen MR) is 71.8 cm³/mol. The second-order valence-corrected chi connectivity index (χ2v) is 7.05. The molecule has 0 aliphatic heterocycles. The van der Waals surface area contributed by atoms with Crippen LogP contribution in [0.3, 0.4) is 0 Å². The zero-order chi connectivity index (χ0) is 12.9. The Kier molecular flexibility index (Phi) is 5.58. The van der Waals surface area contributed by atoms with Gasteiger partial charge >= 0.3 is 0 Å². The van der Waals surface area contributed by atoms with Gasteiger partial charge in [-0.15, -0.1) is 11.3 Å². The monoisotopic (exact) mass is 276 g/mol. The fourth-order valence-corrected chi connectivity index (χ4v) is 3.91. The van der Waals surface area contributed by atoms with E-state index >= 15 is 0 Å². The Morgan fingerprint density at radius 1 is 1.41 bits per heavy atom. The molecule has 0 amide bonds. The number of nitrogens with zero attached hydrogens (tertiary/aromatic N) is 1. The summed E-state index contributed by atoms with van der Waals surface area (Å²) in [4.78, 5) is 0. The molecule has 17 heavy (non-hydrogen) atoms. The van der Waals surface area contributed by atoms with Crippen LogP contribution in [-0.4, -0.2) is 32.9 Å². The Labute approximate surface area is 108 Å². The molecule has 0 fully saturated rings. The lowest BCUT2D eigenvalue weighted by Crippen LogP contribution is -2.25. The lowest BCUT2D eigenvalue weighted by molar-refractivity contribution is 0.488. The Hall–Kier alpha value is -0.430. The van der Waals surface area contributed by atoms with Crippen LogP contribution in [0.15, 0.2) is 15.7 Å². The standard InChI is InChI=1S/C11H20N2O2S2/c1-4-6-12-8-10-7-11(16-9-10)17(14,15)13(3)5-2/h7,9,12H,4-6,8H2,1-3H3. The molecule has 1 aromatic heterocycles. The Bertz CT molecular complexity index is 440. The molecule has 1 rings (SSSR count). The minimum atomic E-state index is -3.27. The molecule has 0 atom stereocenters.